The molecule has 0 saturated carbocycles. The van der Waals surface area contributed by atoms with Crippen molar-refractivity contribution in [3.05, 3.63) is 38.4 Å². The summed E-state index contributed by atoms with van der Waals surface area (Å²) >= 11 is 0. The minimum Gasteiger partial charge on any atom is -0.454 e. The highest BCUT2D eigenvalue weighted by Gasteiger charge is 2.45. The first-order valence-corrected chi connectivity index (χ1v) is 6.66. The quantitative estimate of drug-likeness (QED) is 0.368. The van der Waals surface area contributed by atoms with Crippen molar-refractivity contribution < 1.29 is 39.7 Å². The Kier molecular flexibility index (Phi) is 5.26. The molecule has 1 aromatic rings. The van der Waals surface area contributed by atoms with E-state index >= 15 is 0 Å². The van der Waals surface area contributed by atoms with E-state index < -0.39 is 64.3 Å². The number of rotatable bonds is 5. The maximum atomic E-state index is 11.0. The lowest BCUT2D eigenvalue weighted by atomic mass is 9.99. The summed E-state index contributed by atoms with van der Waals surface area (Å²) in [6.07, 6.45) is -8.17. The first-order valence-electron chi connectivity index (χ1n) is 6.66. The Morgan fingerprint density at radius 3 is 2.29 bits per heavy atom. The predicted molar refractivity (Wildman–Crippen MR) is 74.1 cm³/mol. The fourth-order valence-corrected chi connectivity index (χ4v) is 2.15. The topological polar surface area (TPSA) is 186 Å². The van der Waals surface area contributed by atoms with E-state index in [1.807, 2.05) is 0 Å². The maximum absolute atomic E-state index is 11.0. The lowest BCUT2D eigenvalue weighted by molar-refractivity contribution is -0.390. The van der Waals surface area contributed by atoms with Crippen molar-refractivity contribution in [3.8, 4) is 5.75 Å². The number of nitro benzene ring substituents is 2. The number of nitro groups is 2. The zero-order valence-electron chi connectivity index (χ0n) is 12.0. The molecule has 24 heavy (non-hydrogen) atoms. The molecule has 1 aliphatic rings. The second kappa shape index (κ2) is 7.02. The van der Waals surface area contributed by atoms with Crippen LogP contribution in [0.25, 0.3) is 0 Å². The first-order chi connectivity index (χ1) is 11.3. The van der Waals surface area contributed by atoms with Crippen molar-refractivity contribution in [2.75, 3.05) is 6.61 Å². The molecule has 0 aromatic heterocycles. The zero-order valence-corrected chi connectivity index (χ0v) is 12.0. The van der Waals surface area contributed by atoms with Gasteiger partial charge in [-0.15, -0.1) is 0 Å². The van der Waals surface area contributed by atoms with Crippen molar-refractivity contribution >= 4 is 11.4 Å². The molecular weight excluding hydrogens is 332 g/mol. The molecule has 0 radical (unpaired) electrons. The van der Waals surface area contributed by atoms with Gasteiger partial charge in [-0.1, -0.05) is 0 Å². The normalized spacial score (nSPS) is 29.9. The van der Waals surface area contributed by atoms with E-state index in [1.165, 1.54) is 0 Å². The van der Waals surface area contributed by atoms with E-state index in [2.05, 4.69) is 0 Å². The molecule has 0 aliphatic carbocycles. The molecule has 1 aromatic carbocycles. The van der Waals surface area contributed by atoms with Crippen LogP contribution in [0, 0.1) is 20.2 Å². The van der Waals surface area contributed by atoms with Gasteiger partial charge in [-0.25, -0.2) is 0 Å². The largest absolute Gasteiger partial charge is 0.454 e. The summed E-state index contributed by atoms with van der Waals surface area (Å²) in [5.41, 5.74) is -1.13. The van der Waals surface area contributed by atoms with Crippen LogP contribution in [0.1, 0.15) is 0 Å². The van der Waals surface area contributed by atoms with Crippen LogP contribution in [0.4, 0.5) is 11.4 Å². The number of aliphatic hydroxyl groups is 4. The molecule has 12 nitrogen and oxygen atoms in total. The van der Waals surface area contributed by atoms with E-state index in [4.69, 9.17) is 14.6 Å². The maximum Gasteiger partial charge on any atom is 0.311 e. The third kappa shape index (κ3) is 3.42. The summed E-state index contributed by atoms with van der Waals surface area (Å²) in [5.74, 6) is -0.571. The Hall–Kier alpha value is -2.38. The summed E-state index contributed by atoms with van der Waals surface area (Å²) in [6, 6.07) is 2.51. The molecule has 0 bridgehead atoms. The summed E-state index contributed by atoms with van der Waals surface area (Å²) in [6.45, 7) is -0.720. The van der Waals surface area contributed by atoms with Gasteiger partial charge < -0.3 is 29.9 Å². The van der Waals surface area contributed by atoms with Gasteiger partial charge in [0.05, 0.1) is 22.5 Å². The fraction of sp³-hybridized carbons (Fsp3) is 0.500. The molecule has 0 unspecified atom stereocenters. The third-order valence-electron chi connectivity index (χ3n) is 3.44. The highest BCUT2D eigenvalue weighted by molar-refractivity contribution is 5.53. The van der Waals surface area contributed by atoms with Crippen LogP contribution in [-0.2, 0) is 4.74 Å². The van der Waals surface area contributed by atoms with Crippen molar-refractivity contribution in [2.45, 2.75) is 30.7 Å². The number of nitrogens with zero attached hydrogens (tertiary/aromatic N) is 2. The van der Waals surface area contributed by atoms with Crippen LogP contribution in [0.3, 0.4) is 0 Å². The Morgan fingerprint density at radius 1 is 1.08 bits per heavy atom. The standard InChI is InChI=1S/C12H14N2O10/c15-4-8-9(16)10(17)11(18)12(24-8)23-7-3-5(13(19)20)1-2-6(7)14(21)22/h1-3,8-12,15-18H,4H2/t8-,9+,10+,11-,12-/m1/s1. The lowest BCUT2D eigenvalue weighted by Crippen LogP contribution is -2.60. The molecule has 132 valence electrons. The smallest absolute Gasteiger partial charge is 0.311 e. The lowest BCUT2D eigenvalue weighted by Gasteiger charge is -2.39. The summed E-state index contributed by atoms with van der Waals surface area (Å²) < 4.78 is 10.1. The predicted octanol–water partition coefficient (Wildman–Crippen LogP) is -1.32. The van der Waals surface area contributed by atoms with Gasteiger partial charge >= 0.3 is 5.69 Å². The molecule has 12 heteroatoms. The van der Waals surface area contributed by atoms with Crippen molar-refractivity contribution in [1.82, 2.24) is 0 Å². The van der Waals surface area contributed by atoms with Gasteiger partial charge in [0.1, 0.15) is 24.4 Å². The Bertz CT molecular complexity index is 636. The molecule has 1 aliphatic heterocycles. The number of hydrogen-bond acceptors (Lipinski definition) is 10. The van der Waals surface area contributed by atoms with Gasteiger partial charge in [-0.3, -0.25) is 20.2 Å². The minimum atomic E-state index is -1.80. The molecule has 0 spiro atoms. The molecule has 5 atom stereocenters. The van der Waals surface area contributed by atoms with Crippen LogP contribution in [-0.4, -0.2) is 67.6 Å². The van der Waals surface area contributed by atoms with Gasteiger partial charge in [0, 0.05) is 12.1 Å². The highest BCUT2D eigenvalue weighted by Crippen LogP contribution is 2.33. The van der Waals surface area contributed by atoms with Crippen molar-refractivity contribution in [1.29, 1.82) is 0 Å². The molecular formula is C12H14N2O10. The van der Waals surface area contributed by atoms with Gasteiger partial charge in [-0.2, -0.15) is 0 Å². The second-order valence-corrected chi connectivity index (χ2v) is 4.98. The van der Waals surface area contributed by atoms with E-state index in [-0.39, 0.29) is 0 Å². The zero-order chi connectivity index (χ0) is 18.0. The number of hydrogen-bond donors (Lipinski definition) is 4. The van der Waals surface area contributed by atoms with E-state index in [1.54, 1.807) is 0 Å². The molecule has 4 N–H and O–H groups in total. The van der Waals surface area contributed by atoms with E-state index in [0.717, 1.165) is 18.2 Å². The summed E-state index contributed by atoms with van der Waals surface area (Å²) in [4.78, 5) is 20.1. The van der Waals surface area contributed by atoms with Gasteiger partial charge in [0.2, 0.25) is 12.0 Å². The Morgan fingerprint density at radius 2 is 1.75 bits per heavy atom. The molecule has 2 rings (SSSR count). The van der Waals surface area contributed by atoms with Gasteiger partial charge in [0.25, 0.3) is 5.69 Å². The monoisotopic (exact) mass is 346 g/mol. The Balaban J connectivity index is 2.33. The van der Waals surface area contributed by atoms with Crippen LogP contribution >= 0.6 is 0 Å². The van der Waals surface area contributed by atoms with Crippen LogP contribution in [0.15, 0.2) is 18.2 Å². The fourth-order valence-electron chi connectivity index (χ4n) is 2.15. The SMILES string of the molecule is O=[N+]([O-])c1ccc([N+](=O)[O-])c(O[C@@H]2O[C@H](CO)[C@H](O)[C@H](O)[C@H]2O)c1. The van der Waals surface area contributed by atoms with Crippen LogP contribution in [0.5, 0.6) is 5.75 Å². The molecule has 1 heterocycles. The van der Waals surface area contributed by atoms with E-state index in [0.29, 0.717) is 0 Å². The number of benzene rings is 1. The molecule has 1 saturated heterocycles. The van der Waals surface area contributed by atoms with Gasteiger partial charge in [-0.05, 0) is 0 Å². The molecule has 1 fully saturated rings. The average Bonchev–Trinajstić information content (AvgIpc) is 2.54. The van der Waals surface area contributed by atoms with E-state index in [9.17, 15) is 35.5 Å². The van der Waals surface area contributed by atoms with Crippen LogP contribution < -0.4 is 4.74 Å². The number of non-ortho nitro benzene ring substituents is 1. The van der Waals surface area contributed by atoms with Gasteiger partial charge in [0.15, 0.2) is 0 Å². The second-order valence-electron chi connectivity index (χ2n) is 4.98. The van der Waals surface area contributed by atoms with Crippen LogP contribution in [0.2, 0.25) is 0 Å². The Labute approximate surface area is 133 Å². The summed E-state index contributed by atoms with van der Waals surface area (Å²) in [7, 11) is 0. The summed E-state index contributed by atoms with van der Waals surface area (Å²) in [5, 5.41) is 60.0. The third-order valence-corrected chi connectivity index (χ3v) is 3.44. The number of ether oxygens (including phenoxy) is 2. The minimum absolute atomic E-state index is 0.500. The van der Waals surface area contributed by atoms with Crippen molar-refractivity contribution in [3.63, 3.8) is 0 Å². The average molecular weight is 346 g/mol. The van der Waals surface area contributed by atoms with Crippen molar-refractivity contribution in [2.24, 2.45) is 0 Å². The highest BCUT2D eigenvalue weighted by atomic mass is 16.7. The first kappa shape index (κ1) is 18.0. The number of aliphatic hydroxyl groups excluding tert-OH is 4. The molecule has 0 amide bonds.